The van der Waals surface area contributed by atoms with E-state index in [9.17, 15) is 9.90 Å². The number of hydrogen-bond donors (Lipinski definition) is 2. The summed E-state index contributed by atoms with van der Waals surface area (Å²) in [7, 11) is 0. The lowest BCUT2D eigenvalue weighted by atomic mass is 9.80. The highest BCUT2D eigenvalue weighted by molar-refractivity contribution is 5.79. The molecule has 2 atom stereocenters. The molecule has 0 aliphatic heterocycles. The van der Waals surface area contributed by atoms with Gasteiger partial charge in [0.1, 0.15) is 5.54 Å². The smallest absolute Gasteiger partial charge is 0.323 e. The second-order valence-corrected chi connectivity index (χ2v) is 4.51. The average molecular weight is 229 g/mol. The van der Waals surface area contributed by atoms with Crippen LogP contribution in [-0.2, 0) is 9.53 Å². The minimum atomic E-state index is -0.759. The molecule has 4 heteroatoms. The minimum absolute atomic E-state index is 0.101. The summed E-state index contributed by atoms with van der Waals surface area (Å²) in [5.74, 6) is -0.737. The SMILES string of the molecule is CCCOC1CCCC(NCC)(C(=O)O)C1. The van der Waals surface area contributed by atoms with Crippen molar-refractivity contribution in [3.05, 3.63) is 0 Å². The molecule has 0 bridgehead atoms. The van der Waals surface area contributed by atoms with E-state index in [4.69, 9.17) is 4.74 Å². The molecular weight excluding hydrogens is 206 g/mol. The Morgan fingerprint density at radius 3 is 2.88 bits per heavy atom. The molecule has 0 saturated heterocycles. The van der Waals surface area contributed by atoms with Crippen LogP contribution in [0.25, 0.3) is 0 Å². The average Bonchev–Trinajstić information content (AvgIpc) is 2.27. The van der Waals surface area contributed by atoms with E-state index in [1.165, 1.54) is 0 Å². The summed E-state index contributed by atoms with van der Waals surface area (Å²) < 4.78 is 5.68. The molecule has 16 heavy (non-hydrogen) atoms. The van der Waals surface area contributed by atoms with Gasteiger partial charge in [0.15, 0.2) is 0 Å². The van der Waals surface area contributed by atoms with Gasteiger partial charge in [0, 0.05) is 13.0 Å². The first kappa shape index (κ1) is 13.5. The van der Waals surface area contributed by atoms with Crippen molar-refractivity contribution in [2.75, 3.05) is 13.2 Å². The van der Waals surface area contributed by atoms with Gasteiger partial charge in [0.2, 0.25) is 0 Å². The van der Waals surface area contributed by atoms with E-state index in [0.29, 0.717) is 19.4 Å². The largest absolute Gasteiger partial charge is 0.480 e. The zero-order valence-electron chi connectivity index (χ0n) is 10.3. The van der Waals surface area contributed by atoms with Gasteiger partial charge in [0.05, 0.1) is 6.10 Å². The molecule has 0 amide bonds. The zero-order valence-corrected chi connectivity index (χ0v) is 10.3. The highest BCUT2D eigenvalue weighted by Gasteiger charge is 2.42. The molecule has 4 nitrogen and oxygen atoms in total. The van der Waals surface area contributed by atoms with Gasteiger partial charge < -0.3 is 15.2 Å². The topological polar surface area (TPSA) is 58.6 Å². The molecule has 94 valence electrons. The number of carbonyl (C=O) groups is 1. The second-order valence-electron chi connectivity index (χ2n) is 4.51. The fourth-order valence-electron chi connectivity index (χ4n) is 2.42. The standard InChI is InChI=1S/C12H23NO3/c1-3-8-16-10-6-5-7-12(9-10,11(14)15)13-4-2/h10,13H,3-9H2,1-2H3,(H,14,15). The lowest BCUT2D eigenvalue weighted by Gasteiger charge is -2.38. The molecule has 0 spiro atoms. The molecule has 0 aromatic rings. The van der Waals surface area contributed by atoms with Crippen LogP contribution in [0.2, 0.25) is 0 Å². The van der Waals surface area contributed by atoms with Crippen LogP contribution in [0.15, 0.2) is 0 Å². The van der Waals surface area contributed by atoms with Gasteiger partial charge in [-0.1, -0.05) is 13.8 Å². The van der Waals surface area contributed by atoms with E-state index in [1.54, 1.807) is 0 Å². The summed E-state index contributed by atoms with van der Waals surface area (Å²) in [4.78, 5) is 11.4. The monoisotopic (exact) mass is 229 g/mol. The summed E-state index contributed by atoms with van der Waals surface area (Å²) in [6, 6.07) is 0. The zero-order chi connectivity index (χ0) is 12.0. The van der Waals surface area contributed by atoms with E-state index in [1.807, 2.05) is 6.92 Å². The Hall–Kier alpha value is -0.610. The summed E-state index contributed by atoms with van der Waals surface area (Å²) in [6.45, 7) is 5.43. The minimum Gasteiger partial charge on any atom is -0.480 e. The van der Waals surface area contributed by atoms with Crippen LogP contribution in [0.3, 0.4) is 0 Å². The number of nitrogens with one attached hydrogen (secondary N) is 1. The van der Waals surface area contributed by atoms with E-state index in [0.717, 1.165) is 25.9 Å². The Labute approximate surface area is 97.4 Å². The van der Waals surface area contributed by atoms with Crippen molar-refractivity contribution < 1.29 is 14.6 Å². The first-order valence-electron chi connectivity index (χ1n) is 6.24. The third-order valence-electron chi connectivity index (χ3n) is 3.19. The fraction of sp³-hybridized carbons (Fsp3) is 0.917. The van der Waals surface area contributed by atoms with Crippen LogP contribution in [0, 0.1) is 0 Å². The number of carboxylic acids is 1. The number of rotatable bonds is 6. The summed E-state index contributed by atoms with van der Waals surface area (Å²) >= 11 is 0. The predicted octanol–water partition coefficient (Wildman–Crippen LogP) is 1.79. The molecule has 2 N–H and O–H groups in total. The number of ether oxygens (including phenoxy) is 1. The van der Waals surface area contributed by atoms with Gasteiger partial charge in [0.25, 0.3) is 0 Å². The Kier molecular flexibility index (Phi) is 5.22. The molecule has 0 radical (unpaired) electrons. The van der Waals surface area contributed by atoms with E-state index in [-0.39, 0.29) is 6.10 Å². The molecule has 0 aromatic heterocycles. The Balaban J connectivity index is 2.60. The van der Waals surface area contributed by atoms with Crippen LogP contribution in [-0.4, -0.2) is 35.9 Å². The molecule has 0 aromatic carbocycles. The van der Waals surface area contributed by atoms with Crippen LogP contribution < -0.4 is 5.32 Å². The van der Waals surface area contributed by atoms with Crippen molar-refractivity contribution in [3.8, 4) is 0 Å². The summed E-state index contributed by atoms with van der Waals surface area (Å²) in [6.07, 6.45) is 4.30. The van der Waals surface area contributed by atoms with Gasteiger partial charge in [-0.2, -0.15) is 0 Å². The van der Waals surface area contributed by atoms with Crippen LogP contribution >= 0.6 is 0 Å². The number of carboxylic acid groups (broad SMARTS) is 1. The molecule has 1 saturated carbocycles. The van der Waals surface area contributed by atoms with Crippen molar-refractivity contribution in [1.29, 1.82) is 0 Å². The third kappa shape index (κ3) is 3.19. The van der Waals surface area contributed by atoms with Crippen molar-refractivity contribution in [2.24, 2.45) is 0 Å². The van der Waals surface area contributed by atoms with E-state index in [2.05, 4.69) is 12.2 Å². The second kappa shape index (κ2) is 6.21. The van der Waals surface area contributed by atoms with E-state index >= 15 is 0 Å². The third-order valence-corrected chi connectivity index (χ3v) is 3.19. The molecule has 1 rings (SSSR count). The Bertz CT molecular complexity index is 228. The normalized spacial score (nSPS) is 30.2. The Morgan fingerprint density at radius 2 is 2.31 bits per heavy atom. The molecule has 0 heterocycles. The van der Waals surface area contributed by atoms with Gasteiger partial charge in [-0.3, -0.25) is 4.79 Å². The van der Waals surface area contributed by atoms with Crippen LogP contribution in [0.4, 0.5) is 0 Å². The van der Waals surface area contributed by atoms with Gasteiger partial charge in [-0.25, -0.2) is 0 Å². The maximum Gasteiger partial charge on any atom is 0.323 e. The highest BCUT2D eigenvalue weighted by Crippen LogP contribution is 2.30. The molecule has 1 fully saturated rings. The quantitative estimate of drug-likeness (QED) is 0.729. The first-order valence-corrected chi connectivity index (χ1v) is 6.24. The number of hydrogen-bond acceptors (Lipinski definition) is 3. The maximum absolute atomic E-state index is 11.4. The fourth-order valence-corrected chi connectivity index (χ4v) is 2.42. The predicted molar refractivity (Wildman–Crippen MR) is 62.5 cm³/mol. The molecule has 2 unspecified atom stereocenters. The molecular formula is C12H23NO3. The van der Waals surface area contributed by atoms with Gasteiger partial charge in [-0.05, 0) is 32.2 Å². The van der Waals surface area contributed by atoms with Crippen molar-refractivity contribution in [2.45, 2.75) is 57.6 Å². The number of likely N-dealkylation sites (N-methyl/N-ethyl adjacent to an activating group) is 1. The van der Waals surface area contributed by atoms with Crippen LogP contribution in [0.5, 0.6) is 0 Å². The van der Waals surface area contributed by atoms with E-state index < -0.39 is 11.5 Å². The molecule has 1 aliphatic rings. The van der Waals surface area contributed by atoms with Gasteiger partial charge >= 0.3 is 5.97 Å². The molecule has 1 aliphatic carbocycles. The Morgan fingerprint density at radius 1 is 1.56 bits per heavy atom. The van der Waals surface area contributed by atoms with Crippen molar-refractivity contribution in [3.63, 3.8) is 0 Å². The van der Waals surface area contributed by atoms with Crippen LogP contribution in [0.1, 0.15) is 46.0 Å². The maximum atomic E-state index is 11.4. The van der Waals surface area contributed by atoms with Crippen molar-refractivity contribution >= 4 is 5.97 Å². The lowest BCUT2D eigenvalue weighted by Crippen LogP contribution is -2.56. The number of aliphatic carboxylic acids is 1. The summed E-state index contributed by atoms with van der Waals surface area (Å²) in [5.41, 5.74) is -0.759. The lowest BCUT2D eigenvalue weighted by molar-refractivity contribution is -0.149. The first-order chi connectivity index (χ1) is 7.64. The highest BCUT2D eigenvalue weighted by atomic mass is 16.5. The van der Waals surface area contributed by atoms with Crippen molar-refractivity contribution in [1.82, 2.24) is 5.32 Å². The summed E-state index contributed by atoms with van der Waals surface area (Å²) in [5, 5.41) is 12.5. The van der Waals surface area contributed by atoms with Gasteiger partial charge in [-0.15, -0.1) is 0 Å².